The van der Waals surface area contributed by atoms with Crippen LogP contribution in [0.25, 0.3) is 0 Å². The van der Waals surface area contributed by atoms with Crippen LogP contribution in [0.15, 0.2) is 24.3 Å². The van der Waals surface area contributed by atoms with E-state index in [4.69, 9.17) is 15.2 Å². The third kappa shape index (κ3) is 5.81. The average molecular weight is 257 g/mol. The molecule has 5 heteroatoms. The van der Waals surface area contributed by atoms with Gasteiger partial charge in [0, 0.05) is 30.2 Å². The number of benzene rings is 1. The van der Waals surface area contributed by atoms with Gasteiger partial charge >= 0.3 is 0 Å². The van der Waals surface area contributed by atoms with Crippen LogP contribution in [-0.2, 0) is 22.1 Å². The monoisotopic (exact) mass is 257 g/mol. The number of hydrogen-bond donors (Lipinski definition) is 1. The molecule has 17 heavy (non-hydrogen) atoms. The summed E-state index contributed by atoms with van der Waals surface area (Å²) in [6, 6.07) is 7.61. The van der Waals surface area contributed by atoms with Gasteiger partial charge in [-0.1, -0.05) is 12.1 Å². The first-order valence-electron chi connectivity index (χ1n) is 5.52. The Bertz CT molecular complexity index is 340. The predicted octanol–water partition coefficient (Wildman–Crippen LogP) is 0.919. The molecule has 0 fully saturated rings. The number of rotatable bonds is 8. The third-order valence-electron chi connectivity index (χ3n) is 2.25. The van der Waals surface area contributed by atoms with E-state index in [1.165, 1.54) is 0 Å². The van der Waals surface area contributed by atoms with Crippen molar-refractivity contribution in [2.45, 2.75) is 6.54 Å². The van der Waals surface area contributed by atoms with E-state index in [2.05, 4.69) is 0 Å². The highest BCUT2D eigenvalue weighted by Crippen LogP contribution is 2.11. The standard InChI is InChI=1S/C12H19NO3S/c1-15-6-8-17(14)9-7-16-12-4-2-11(10-13)3-5-12/h2-5H,6-10,13H2,1H3. The van der Waals surface area contributed by atoms with Crippen molar-refractivity contribution in [3.8, 4) is 5.75 Å². The van der Waals surface area contributed by atoms with E-state index in [9.17, 15) is 4.21 Å². The molecule has 0 saturated carbocycles. The Balaban J connectivity index is 2.23. The Labute approximate surface area is 105 Å². The highest BCUT2D eigenvalue weighted by atomic mass is 32.2. The van der Waals surface area contributed by atoms with E-state index in [1.807, 2.05) is 24.3 Å². The Morgan fingerprint density at radius 2 is 1.82 bits per heavy atom. The molecule has 96 valence electrons. The summed E-state index contributed by atoms with van der Waals surface area (Å²) in [4.78, 5) is 0. The van der Waals surface area contributed by atoms with Crippen molar-refractivity contribution in [2.24, 2.45) is 5.73 Å². The number of ether oxygens (including phenoxy) is 2. The lowest BCUT2D eigenvalue weighted by Crippen LogP contribution is -2.13. The molecule has 1 rings (SSSR count). The summed E-state index contributed by atoms with van der Waals surface area (Å²) in [7, 11) is 0.734. The minimum atomic E-state index is -0.870. The zero-order valence-electron chi connectivity index (χ0n) is 10.1. The topological polar surface area (TPSA) is 61.5 Å². The van der Waals surface area contributed by atoms with Gasteiger partial charge in [-0.25, -0.2) is 0 Å². The Kier molecular flexibility index (Phi) is 6.84. The van der Waals surface area contributed by atoms with Crippen LogP contribution in [-0.4, -0.2) is 36.0 Å². The van der Waals surface area contributed by atoms with Gasteiger partial charge in [-0.2, -0.15) is 0 Å². The second kappa shape index (κ2) is 8.22. The summed E-state index contributed by atoms with van der Waals surface area (Å²) in [5.74, 6) is 1.87. The minimum absolute atomic E-state index is 0.457. The first-order chi connectivity index (χ1) is 8.26. The maximum Gasteiger partial charge on any atom is 0.119 e. The molecule has 1 aromatic carbocycles. The summed E-state index contributed by atoms with van der Waals surface area (Å²) in [6.45, 7) is 1.51. The number of hydrogen-bond acceptors (Lipinski definition) is 4. The maximum atomic E-state index is 11.4. The maximum absolute atomic E-state index is 11.4. The van der Waals surface area contributed by atoms with E-state index in [0.717, 1.165) is 11.3 Å². The fourth-order valence-corrected chi connectivity index (χ4v) is 2.08. The van der Waals surface area contributed by atoms with Crippen LogP contribution >= 0.6 is 0 Å². The van der Waals surface area contributed by atoms with Crippen LogP contribution in [0.5, 0.6) is 5.75 Å². The zero-order chi connectivity index (χ0) is 12.5. The molecule has 0 spiro atoms. The Hall–Kier alpha value is -0.910. The van der Waals surface area contributed by atoms with Crippen LogP contribution in [0.3, 0.4) is 0 Å². The molecule has 1 atom stereocenters. The second-order valence-electron chi connectivity index (χ2n) is 3.54. The van der Waals surface area contributed by atoms with E-state index >= 15 is 0 Å². The van der Waals surface area contributed by atoms with Crippen molar-refractivity contribution in [1.29, 1.82) is 0 Å². The molecule has 4 nitrogen and oxygen atoms in total. The van der Waals surface area contributed by atoms with Gasteiger partial charge < -0.3 is 15.2 Å². The third-order valence-corrected chi connectivity index (χ3v) is 3.50. The van der Waals surface area contributed by atoms with E-state index in [-0.39, 0.29) is 0 Å². The molecule has 2 N–H and O–H groups in total. The van der Waals surface area contributed by atoms with Gasteiger partial charge in [0.15, 0.2) is 0 Å². The van der Waals surface area contributed by atoms with Gasteiger partial charge in [0.25, 0.3) is 0 Å². The quantitative estimate of drug-likeness (QED) is 0.752. The Morgan fingerprint density at radius 3 is 2.41 bits per heavy atom. The van der Waals surface area contributed by atoms with Crippen molar-refractivity contribution in [2.75, 3.05) is 31.8 Å². The van der Waals surface area contributed by atoms with Crippen LogP contribution in [0.2, 0.25) is 0 Å². The van der Waals surface area contributed by atoms with Gasteiger partial charge in [-0.05, 0) is 17.7 Å². The van der Waals surface area contributed by atoms with Crippen LogP contribution in [0.4, 0.5) is 0 Å². The van der Waals surface area contributed by atoms with Crippen molar-refractivity contribution >= 4 is 10.8 Å². The van der Waals surface area contributed by atoms with Gasteiger partial charge in [-0.15, -0.1) is 0 Å². The Morgan fingerprint density at radius 1 is 1.18 bits per heavy atom. The molecule has 1 unspecified atom stereocenters. The molecule has 0 saturated heterocycles. The first kappa shape index (κ1) is 14.2. The summed E-state index contributed by atoms with van der Waals surface area (Å²) in [5.41, 5.74) is 6.56. The predicted molar refractivity (Wildman–Crippen MR) is 69.6 cm³/mol. The molecule has 0 aliphatic carbocycles. The smallest absolute Gasteiger partial charge is 0.119 e. The average Bonchev–Trinajstić information content (AvgIpc) is 2.37. The molecule has 0 radical (unpaired) electrons. The highest BCUT2D eigenvalue weighted by molar-refractivity contribution is 7.85. The molecule has 0 aliphatic heterocycles. The fraction of sp³-hybridized carbons (Fsp3) is 0.500. The van der Waals surface area contributed by atoms with Crippen molar-refractivity contribution in [1.82, 2.24) is 0 Å². The summed E-state index contributed by atoms with van der Waals surface area (Å²) in [5, 5.41) is 0. The summed E-state index contributed by atoms with van der Waals surface area (Å²) >= 11 is 0. The summed E-state index contributed by atoms with van der Waals surface area (Å²) < 4.78 is 21.8. The number of methoxy groups -OCH3 is 1. The first-order valence-corrected chi connectivity index (χ1v) is 7.00. The molecule has 0 bridgehead atoms. The van der Waals surface area contributed by atoms with Gasteiger partial charge in [0.05, 0.1) is 19.0 Å². The highest BCUT2D eigenvalue weighted by Gasteiger charge is 2.00. The van der Waals surface area contributed by atoms with Crippen molar-refractivity contribution < 1.29 is 13.7 Å². The minimum Gasteiger partial charge on any atom is -0.493 e. The molecule has 0 aromatic heterocycles. The van der Waals surface area contributed by atoms with Crippen LogP contribution in [0, 0.1) is 0 Å². The van der Waals surface area contributed by atoms with Gasteiger partial charge in [0.2, 0.25) is 0 Å². The lowest BCUT2D eigenvalue weighted by atomic mass is 10.2. The molecular weight excluding hydrogens is 238 g/mol. The fourth-order valence-electron chi connectivity index (χ4n) is 1.25. The SMILES string of the molecule is COCCS(=O)CCOc1ccc(CN)cc1. The van der Waals surface area contributed by atoms with E-state index < -0.39 is 10.8 Å². The molecular formula is C12H19NO3S. The van der Waals surface area contributed by atoms with E-state index in [0.29, 0.717) is 31.3 Å². The summed E-state index contributed by atoms with van der Waals surface area (Å²) in [6.07, 6.45) is 0. The lowest BCUT2D eigenvalue weighted by molar-refractivity contribution is 0.218. The van der Waals surface area contributed by atoms with Crippen LogP contribution in [0.1, 0.15) is 5.56 Å². The van der Waals surface area contributed by atoms with Gasteiger partial charge in [-0.3, -0.25) is 4.21 Å². The largest absolute Gasteiger partial charge is 0.493 e. The molecule has 0 amide bonds. The van der Waals surface area contributed by atoms with Crippen LogP contribution < -0.4 is 10.5 Å². The normalized spacial score (nSPS) is 12.4. The van der Waals surface area contributed by atoms with Crippen molar-refractivity contribution in [3.05, 3.63) is 29.8 Å². The second-order valence-corrected chi connectivity index (χ2v) is 5.23. The molecule has 0 heterocycles. The van der Waals surface area contributed by atoms with E-state index in [1.54, 1.807) is 7.11 Å². The zero-order valence-corrected chi connectivity index (χ0v) is 10.9. The van der Waals surface area contributed by atoms with Crippen molar-refractivity contribution in [3.63, 3.8) is 0 Å². The molecule has 0 aliphatic rings. The number of nitrogens with two attached hydrogens (primary N) is 1. The van der Waals surface area contributed by atoms with Gasteiger partial charge in [0.1, 0.15) is 5.75 Å². The molecule has 1 aromatic rings. The lowest BCUT2D eigenvalue weighted by Gasteiger charge is -2.06.